The topological polar surface area (TPSA) is 49.8 Å². The van der Waals surface area contributed by atoms with Crippen LogP contribution in [0.25, 0.3) is 6.08 Å². The van der Waals surface area contributed by atoms with Crippen molar-refractivity contribution in [3.8, 4) is 0 Å². The molecule has 0 aliphatic carbocycles. The molecule has 2 unspecified atom stereocenters. The van der Waals surface area contributed by atoms with E-state index in [4.69, 9.17) is 9.84 Å². The van der Waals surface area contributed by atoms with Gasteiger partial charge in [0.15, 0.2) is 0 Å². The molecule has 1 aromatic carbocycles. The third-order valence-electron chi connectivity index (χ3n) is 3.40. The van der Waals surface area contributed by atoms with Gasteiger partial charge in [-0.1, -0.05) is 6.07 Å². The first kappa shape index (κ1) is 15.7. The highest BCUT2D eigenvalue weighted by Gasteiger charge is 2.22. The van der Waals surface area contributed by atoms with Crippen LogP contribution in [0.5, 0.6) is 0 Å². The monoisotopic (exact) mass is 293 g/mol. The standard InChI is InChI=1S/C16H20FNO3/c1-11-8-18(9-12(2)21-11)10-14-3-5-15(17)7-13(14)4-6-16(19)20/h3-7,11-12H,8-10H2,1-2H3,(H,19,20). The molecule has 2 atom stereocenters. The van der Waals surface area contributed by atoms with Crippen LogP contribution in [0.3, 0.4) is 0 Å². The molecule has 1 fully saturated rings. The number of ether oxygens (including phenoxy) is 1. The summed E-state index contributed by atoms with van der Waals surface area (Å²) in [4.78, 5) is 12.9. The van der Waals surface area contributed by atoms with Crippen molar-refractivity contribution in [3.05, 3.63) is 41.2 Å². The van der Waals surface area contributed by atoms with E-state index in [1.807, 2.05) is 13.8 Å². The molecular weight excluding hydrogens is 273 g/mol. The zero-order valence-electron chi connectivity index (χ0n) is 12.3. The molecule has 1 aliphatic heterocycles. The summed E-state index contributed by atoms with van der Waals surface area (Å²) in [6.07, 6.45) is 2.79. The number of carbonyl (C=O) groups is 1. The lowest BCUT2D eigenvalue weighted by atomic mass is 10.1. The van der Waals surface area contributed by atoms with Gasteiger partial charge >= 0.3 is 5.97 Å². The van der Waals surface area contributed by atoms with E-state index in [0.29, 0.717) is 12.1 Å². The molecule has 1 saturated heterocycles. The Balaban J connectivity index is 2.17. The van der Waals surface area contributed by atoms with Gasteiger partial charge in [-0.25, -0.2) is 9.18 Å². The Morgan fingerprint density at radius 2 is 2.10 bits per heavy atom. The molecule has 0 aromatic heterocycles. The first-order valence-electron chi connectivity index (χ1n) is 7.01. The second kappa shape index (κ2) is 6.83. The lowest BCUT2D eigenvalue weighted by molar-refractivity contribution is -0.131. The van der Waals surface area contributed by atoms with Gasteiger partial charge in [0.05, 0.1) is 12.2 Å². The Morgan fingerprint density at radius 3 is 2.71 bits per heavy atom. The lowest BCUT2D eigenvalue weighted by Crippen LogP contribution is -2.44. The number of aliphatic carboxylic acids is 1. The molecule has 1 aromatic rings. The molecule has 1 aliphatic rings. The van der Waals surface area contributed by atoms with E-state index in [1.165, 1.54) is 18.2 Å². The Hall–Kier alpha value is -1.72. The molecule has 114 valence electrons. The lowest BCUT2D eigenvalue weighted by Gasteiger charge is -2.35. The molecule has 5 heteroatoms. The summed E-state index contributed by atoms with van der Waals surface area (Å²) in [7, 11) is 0. The van der Waals surface area contributed by atoms with Gasteiger partial charge in [0, 0.05) is 25.7 Å². The fourth-order valence-corrected chi connectivity index (χ4v) is 2.68. The second-order valence-electron chi connectivity index (χ2n) is 5.47. The van der Waals surface area contributed by atoms with Gasteiger partial charge < -0.3 is 9.84 Å². The minimum Gasteiger partial charge on any atom is -0.478 e. The highest BCUT2D eigenvalue weighted by atomic mass is 19.1. The summed E-state index contributed by atoms with van der Waals surface area (Å²) in [5.41, 5.74) is 1.51. The van der Waals surface area contributed by atoms with E-state index in [9.17, 15) is 9.18 Å². The number of benzene rings is 1. The summed E-state index contributed by atoms with van der Waals surface area (Å²) in [6.45, 7) is 6.32. The van der Waals surface area contributed by atoms with Gasteiger partial charge in [-0.15, -0.1) is 0 Å². The van der Waals surface area contributed by atoms with Gasteiger partial charge in [0.1, 0.15) is 5.82 Å². The van der Waals surface area contributed by atoms with Crippen LogP contribution in [0.15, 0.2) is 24.3 Å². The van der Waals surface area contributed by atoms with Crippen molar-refractivity contribution >= 4 is 12.0 Å². The summed E-state index contributed by atoms with van der Waals surface area (Å²) in [5.74, 6) is -1.41. The smallest absolute Gasteiger partial charge is 0.328 e. The van der Waals surface area contributed by atoms with Crippen molar-refractivity contribution in [3.63, 3.8) is 0 Å². The Bertz CT molecular complexity index is 534. The van der Waals surface area contributed by atoms with Crippen molar-refractivity contribution in [1.29, 1.82) is 0 Å². The molecule has 21 heavy (non-hydrogen) atoms. The first-order valence-corrected chi connectivity index (χ1v) is 7.01. The molecule has 0 spiro atoms. The van der Waals surface area contributed by atoms with Crippen molar-refractivity contribution in [2.24, 2.45) is 0 Å². The maximum Gasteiger partial charge on any atom is 0.328 e. The van der Waals surface area contributed by atoms with Gasteiger partial charge in [-0.2, -0.15) is 0 Å². The molecular formula is C16H20FNO3. The number of rotatable bonds is 4. The number of hydrogen-bond acceptors (Lipinski definition) is 3. The van der Waals surface area contributed by atoms with Crippen LogP contribution < -0.4 is 0 Å². The zero-order valence-corrected chi connectivity index (χ0v) is 12.3. The van der Waals surface area contributed by atoms with Crippen LogP contribution in [0.2, 0.25) is 0 Å². The number of nitrogens with zero attached hydrogens (tertiary/aromatic N) is 1. The molecule has 4 nitrogen and oxygen atoms in total. The predicted molar refractivity (Wildman–Crippen MR) is 78.4 cm³/mol. The number of halogens is 1. The third-order valence-corrected chi connectivity index (χ3v) is 3.40. The number of carboxylic acid groups (broad SMARTS) is 1. The third kappa shape index (κ3) is 4.65. The average Bonchev–Trinajstić information content (AvgIpc) is 2.37. The summed E-state index contributed by atoms with van der Waals surface area (Å²) in [5, 5.41) is 8.72. The number of hydrogen-bond donors (Lipinski definition) is 1. The van der Waals surface area contributed by atoms with E-state index in [1.54, 1.807) is 6.07 Å². The van der Waals surface area contributed by atoms with Gasteiger partial charge in [-0.05, 0) is 43.2 Å². The number of carboxylic acids is 1. The quantitative estimate of drug-likeness (QED) is 0.867. The van der Waals surface area contributed by atoms with Crippen molar-refractivity contribution in [2.45, 2.75) is 32.6 Å². The maximum absolute atomic E-state index is 13.4. The van der Waals surface area contributed by atoms with E-state index >= 15 is 0 Å². The first-order chi connectivity index (χ1) is 9.94. The van der Waals surface area contributed by atoms with Crippen molar-refractivity contribution in [2.75, 3.05) is 13.1 Å². The van der Waals surface area contributed by atoms with E-state index < -0.39 is 5.97 Å². The minimum absolute atomic E-state index is 0.159. The fraction of sp³-hybridized carbons (Fsp3) is 0.438. The summed E-state index contributed by atoms with van der Waals surface area (Å²) in [6, 6.07) is 4.48. The minimum atomic E-state index is -1.04. The molecule has 0 saturated carbocycles. The van der Waals surface area contributed by atoms with Crippen LogP contribution in [-0.2, 0) is 16.1 Å². The Morgan fingerprint density at radius 1 is 1.43 bits per heavy atom. The van der Waals surface area contributed by atoms with Gasteiger partial charge in [0.2, 0.25) is 0 Å². The SMILES string of the molecule is CC1CN(Cc2ccc(F)cc2C=CC(=O)O)CC(C)O1. The van der Waals surface area contributed by atoms with Crippen molar-refractivity contribution in [1.82, 2.24) is 4.90 Å². The van der Waals surface area contributed by atoms with E-state index in [0.717, 1.165) is 24.7 Å². The highest BCUT2D eigenvalue weighted by Crippen LogP contribution is 2.19. The largest absolute Gasteiger partial charge is 0.478 e. The van der Waals surface area contributed by atoms with E-state index in [-0.39, 0.29) is 18.0 Å². The maximum atomic E-state index is 13.4. The number of morpholine rings is 1. The molecule has 2 rings (SSSR count). The molecule has 1 heterocycles. The van der Waals surface area contributed by atoms with Crippen molar-refractivity contribution < 1.29 is 19.0 Å². The van der Waals surface area contributed by atoms with Crippen LogP contribution in [-0.4, -0.2) is 41.3 Å². The summed E-state index contributed by atoms with van der Waals surface area (Å²) >= 11 is 0. The van der Waals surface area contributed by atoms with Crippen LogP contribution in [0.1, 0.15) is 25.0 Å². The zero-order chi connectivity index (χ0) is 15.4. The van der Waals surface area contributed by atoms with Crippen LogP contribution in [0.4, 0.5) is 4.39 Å². The average molecular weight is 293 g/mol. The van der Waals surface area contributed by atoms with Gasteiger partial charge in [0.25, 0.3) is 0 Å². The second-order valence-corrected chi connectivity index (χ2v) is 5.47. The summed E-state index contributed by atoms with van der Waals surface area (Å²) < 4.78 is 19.0. The van der Waals surface area contributed by atoms with Crippen LogP contribution in [0, 0.1) is 5.82 Å². The highest BCUT2D eigenvalue weighted by molar-refractivity contribution is 5.85. The predicted octanol–water partition coefficient (Wildman–Crippen LogP) is 2.53. The Kier molecular flexibility index (Phi) is 5.09. The fourth-order valence-electron chi connectivity index (χ4n) is 2.68. The van der Waals surface area contributed by atoms with E-state index in [2.05, 4.69) is 4.90 Å². The molecule has 0 amide bonds. The van der Waals surface area contributed by atoms with Crippen LogP contribution >= 0.6 is 0 Å². The molecule has 0 radical (unpaired) electrons. The molecule has 0 bridgehead atoms. The Labute approximate surface area is 123 Å². The molecule has 1 N–H and O–H groups in total. The van der Waals surface area contributed by atoms with Gasteiger partial charge in [-0.3, -0.25) is 4.90 Å². The normalized spacial score (nSPS) is 23.6.